The second-order valence-electron chi connectivity index (χ2n) is 17.4. The van der Waals surface area contributed by atoms with E-state index in [1.54, 1.807) is 18.2 Å². The molecular formula is C45H50N3O17S4+. The molecule has 1 aromatic heterocycles. The van der Waals surface area contributed by atoms with Gasteiger partial charge in [-0.05, 0) is 106 Å². The predicted octanol–water partition coefficient (Wildman–Crippen LogP) is 6.06. The van der Waals surface area contributed by atoms with Gasteiger partial charge in [-0.1, -0.05) is 18.6 Å². The molecule has 0 radical (unpaired) electrons. The van der Waals surface area contributed by atoms with Crippen LogP contribution in [0.15, 0.2) is 104 Å². The zero-order valence-electron chi connectivity index (χ0n) is 37.8. The van der Waals surface area contributed by atoms with Crippen LogP contribution in [0.2, 0.25) is 0 Å². The van der Waals surface area contributed by atoms with Crippen LogP contribution in [0.1, 0.15) is 70.9 Å². The third kappa shape index (κ3) is 9.51. The highest BCUT2D eigenvalue weighted by atomic mass is 32.2. The van der Waals surface area contributed by atoms with Gasteiger partial charge in [0.05, 0.1) is 15.2 Å². The molecule has 1 unspecified atom stereocenters. The Balaban J connectivity index is 1.36. The molecule has 0 spiro atoms. The smallest absolute Gasteiger partial charge is 0.333 e. The van der Waals surface area contributed by atoms with Gasteiger partial charge < -0.3 is 24.7 Å². The third-order valence-corrected chi connectivity index (χ3v) is 16.1. The first-order valence-corrected chi connectivity index (χ1v) is 27.0. The van der Waals surface area contributed by atoms with Crippen LogP contribution in [0, 0.1) is 0 Å². The molecule has 3 heterocycles. The zero-order chi connectivity index (χ0) is 50.8. The highest BCUT2D eigenvalue weighted by molar-refractivity contribution is 7.87. The molecule has 69 heavy (non-hydrogen) atoms. The van der Waals surface area contributed by atoms with Crippen molar-refractivity contribution in [3.63, 3.8) is 0 Å². The van der Waals surface area contributed by atoms with Gasteiger partial charge in [0.15, 0.2) is 5.71 Å². The summed E-state index contributed by atoms with van der Waals surface area (Å²) < 4.78 is 150. The van der Waals surface area contributed by atoms with Crippen molar-refractivity contribution in [3.05, 3.63) is 95.7 Å². The Morgan fingerprint density at radius 2 is 1.26 bits per heavy atom. The standard InChI is InChI=1S/C45H49N3O17S4/c1-6-46-33-16-14-29-31(23-27(66(52,53)54)25-35(29)68(58,59)60)42(33)44(2,3)37(46)11-10-12-38-45(4,20-22-64-5)43-32-24-28(67(55,56)57)26-36(69(61,62)63)30(32)15-17-34(43)47(38)21-9-7-8-13-41(51)65-48-39(49)18-19-40(48)50/h10-12,14-19,23-26H,6-9,13,20-22H2,1-5H3,(H5-,49,50,52,53,54,55,56,57,58,59,60,61,62,63)/p+1. The fourth-order valence-electron chi connectivity index (χ4n) is 9.59. The van der Waals surface area contributed by atoms with Crippen molar-refractivity contribution in [3.8, 4) is 11.8 Å². The molecule has 7 rings (SSSR count). The molecule has 2 aliphatic rings. The number of nitrogens with zero attached hydrogens (tertiary/aromatic N) is 3. The first-order valence-electron chi connectivity index (χ1n) is 21.3. The SMILES string of the molecule is CC[N+]1=C(C=CC=C2N(CCCCCC(=O)On3c(O)ccc3O)c3ccc4c(S(=O)(=O)O)cc(S(=O)(=O)O)cc4c3C2(C)CCOC)C(C)(C)c2c1ccc1c(S(=O)(=O)O)cc(S(=O)(=O)O)cc21. The Morgan fingerprint density at radius 3 is 1.78 bits per heavy atom. The number of fused-ring (bicyclic) bond motifs is 6. The molecule has 6 N–H and O–H groups in total. The Bertz CT molecular complexity index is 3500. The first-order chi connectivity index (χ1) is 32.0. The van der Waals surface area contributed by atoms with E-state index in [2.05, 4.69) is 0 Å². The number of benzene rings is 4. The average Bonchev–Trinajstić information content (AvgIpc) is 3.78. The van der Waals surface area contributed by atoms with Crippen molar-refractivity contribution in [2.24, 2.45) is 0 Å². The van der Waals surface area contributed by atoms with E-state index in [1.807, 2.05) is 49.3 Å². The van der Waals surface area contributed by atoms with Crippen LogP contribution in [0.5, 0.6) is 11.8 Å². The lowest BCUT2D eigenvalue weighted by atomic mass is 9.76. The van der Waals surface area contributed by atoms with E-state index in [0.29, 0.717) is 76.6 Å². The summed E-state index contributed by atoms with van der Waals surface area (Å²) in [6.07, 6.45) is 6.77. The quantitative estimate of drug-likeness (QED) is 0.0350. The van der Waals surface area contributed by atoms with Crippen molar-refractivity contribution >= 4 is 85.1 Å². The summed E-state index contributed by atoms with van der Waals surface area (Å²) in [7, 11) is -18.5. The second-order valence-corrected chi connectivity index (χ2v) is 23.0. The maximum absolute atomic E-state index is 12.8. The lowest BCUT2D eigenvalue weighted by Gasteiger charge is -2.30. The van der Waals surface area contributed by atoms with E-state index in [4.69, 9.17) is 9.57 Å². The van der Waals surface area contributed by atoms with Crippen LogP contribution in [-0.4, -0.2) is 110 Å². The maximum atomic E-state index is 12.8. The number of allylic oxidation sites excluding steroid dienone is 4. The molecule has 0 bridgehead atoms. The number of ether oxygens (including phenoxy) is 1. The van der Waals surface area contributed by atoms with Gasteiger partial charge in [0.1, 0.15) is 16.3 Å². The minimum absolute atomic E-state index is 0.0197. The monoisotopic (exact) mass is 1030 g/mol. The van der Waals surface area contributed by atoms with Crippen LogP contribution < -0.4 is 9.74 Å². The number of carbonyl (C=O) groups excluding carboxylic acids is 1. The molecule has 20 nitrogen and oxygen atoms in total. The normalized spacial score (nSPS) is 18.0. The maximum Gasteiger partial charge on any atom is 0.333 e. The summed E-state index contributed by atoms with van der Waals surface area (Å²) in [5.74, 6) is -1.67. The molecule has 24 heteroatoms. The molecule has 370 valence electrons. The number of hydrogen-bond acceptors (Lipinski definition) is 14. The van der Waals surface area contributed by atoms with Gasteiger partial charge in [-0.15, -0.1) is 4.73 Å². The Hall–Kier alpha value is -5.70. The number of carbonyl (C=O) groups is 1. The predicted molar refractivity (Wildman–Crippen MR) is 252 cm³/mol. The Kier molecular flexibility index (Phi) is 13.5. The lowest BCUT2D eigenvalue weighted by molar-refractivity contribution is -0.433. The number of unbranched alkanes of at least 4 members (excludes halogenated alkanes) is 2. The van der Waals surface area contributed by atoms with Crippen LogP contribution >= 0.6 is 0 Å². The van der Waals surface area contributed by atoms with Crippen molar-refractivity contribution in [2.75, 3.05) is 31.7 Å². The fourth-order valence-corrected chi connectivity index (χ4v) is 12.3. The number of methoxy groups -OCH3 is 1. The summed E-state index contributed by atoms with van der Waals surface area (Å²) in [4.78, 5) is 16.7. The molecule has 0 saturated heterocycles. The molecule has 5 aromatic rings. The molecule has 2 aliphatic heterocycles. The topological polar surface area (TPSA) is 305 Å². The van der Waals surface area contributed by atoms with E-state index < -0.39 is 88.6 Å². The van der Waals surface area contributed by atoms with Gasteiger partial charge >= 0.3 is 5.97 Å². The summed E-state index contributed by atoms with van der Waals surface area (Å²) >= 11 is 0. The molecule has 4 aromatic carbocycles. The van der Waals surface area contributed by atoms with Crippen LogP contribution in [0.4, 0.5) is 11.4 Å². The molecule has 0 saturated carbocycles. The number of aromatic hydroxyl groups is 2. The van der Waals surface area contributed by atoms with Gasteiger partial charge in [-0.25, -0.2) is 4.79 Å². The zero-order valence-corrected chi connectivity index (χ0v) is 41.1. The average molecular weight is 1030 g/mol. The van der Waals surface area contributed by atoms with Gasteiger partial charge in [-0.2, -0.15) is 38.2 Å². The summed E-state index contributed by atoms with van der Waals surface area (Å²) in [5, 5.41) is 20.0. The first kappa shape index (κ1) is 51.2. The molecular weight excluding hydrogens is 983 g/mol. The highest BCUT2D eigenvalue weighted by Gasteiger charge is 2.47. The summed E-state index contributed by atoms with van der Waals surface area (Å²) in [5.41, 5.74) is 1.29. The highest BCUT2D eigenvalue weighted by Crippen LogP contribution is 2.54. The molecule has 0 amide bonds. The Labute approximate surface area is 398 Å². The number of anilines is 1. The molecule has 0 aliphatic carbocycles. The molecule has 0 fully saturated rings. The van der Waals surface area contributed by atoms with E-state index >= 15 is 0 Å². The van der Waals surface area contributed by atoms with E-state index in [-0.39, 0.29) is 47.5 Å². The van der Waals surface area contributed by atoms with Gasteiger partial charge in [0, 0.05) is 84.1 Å². The summed E-state index contributed by atoms with van der Waals surface area (Å²) in [6.45, 7) is 8.21. The lowest BCUT2D eigenvalue weighted by Crippen LogP contribution is -2.30. The van der Waals surface area contributed by atoms with E-state index in [1.165, 1.54) is 19.2 Å². The molecule has 1 atom stereocenters. The largest absolute Gasteiger partial charge is 0.492 e. The van der Waals surface area contributed by atoms with Gasteiger partial charge in [0.2, 0.25) is 17.4 Å². The minimum Gasteiger partial charge on any atom is -0.492 e. The number of aromatic nitrogens is 1. The number of hydrogen-bond donors (Lipinski definition) is 6. The van der Waals surface area contributed by atoms with Crippen molar-refractivity contribution < 1.29 is 81.0 Å². The van der Waals surface area contributed by atoms with Gasteiger partial charge in [0.25, 0.3) is 40.5 Å². The van der Waals surface area contributed by atoms with Crippen LogP contribution in [0.3, 0.4) is 0 Å². The van der Waals surface area contributed by atoms with Crippen molar-refractivity contribution in [1.29, 1.82) is 0 Å². The van der Waals surface area contributed by atoms with Crippen LogP contribution in [-0.2, 0) is 60.8 Å². The summed E-state index contributed by atoms with van der Waals surface area (Å²) in [6, 6.07) is 12.1. The van der Waals surface area contributed by atoms with Crippen molar-refractivity contribution in [2.45, 2.75) is 90.2 Å². The third-order valence-electron chi connectivity index (χ3n) is 12.7. The van der Waals surface area contributed by atoms with Crippen molar-refractivity contribution in [1.82, 2.24) is 4.73 Å². The van der Waals surface area contributed by atoms with Gasteiger partial charge in [-0.3, -0.25) is 18.2 Å². The number of rotatable bonds is 17. The van der Waals surface area contributed by atoms with E-state index in [9.17, 15) is 66.9 Å². The van der Waals surface area contributed by atoms with E-state index in [0.717, 1.165) is 24.3 Å². The van der Waals surface area contributed by atoms with Crippen LogP contribution in [0.25, 0.3) is 21.5 Å². The Morgan fingerprint density at radius 1 is 0.710 bits per heavy atom. The minimum atomic E-state index is -5.06. The second kappa shape index (κ2) is 18.2. The fraction of sp³-hybridized carbons (Fsp3) is 0.333.